The summed E-state index contributed by atoms with van der Waals surface area (Å²) in [4.78, 5) is 21.2. The van der Waals surface area contributed by atoms with Gasteiger partial charge in [-0.2, -0.15) is 0 Å². The maximum Gasteiger partial charge on any atom is 0.259 e. The summed E-state index contributed by atoms with van der Waals surface area (Å²) in [6, 6.07) is 7.71. The van der Waals surface area contributed by atoms with Gasteiger partial charge in [-0.1, -0.05) is 6.07 Å². The zero-order valence-corrected chi connectivity index (χ0v) is 11.3. The third kappa shape index (κ3) is 2.21. The molecule has 0 radical (unpaired) electrons. The molecule has 3 rings (SSSR count). The number of anilines is 1. The molecule has 0 aliphatic carbocycles. The van der Waals surface area contributed by atoms with Crippen LogP contribution < -0.4 is 10.5 Å². The highest BCUT2D eigenvalue weighted by molar-refractivity contribution is 5.48. The number of hydrogen-bond donors (Lipinski definition) is 0. The van der Waals surface area contributed by atoms with Gasteiger partial charge >= 0.3 is 0 Å². The number of hydrogen-bond acceptors (Lipinski definition) is 4. The summed E-state index contributed by atoms with van der Waals surface area (Å²) in [7, 11) is 2.13. The topological polar surface area (TPSA) is 40.9 Å². The van der Waals surface area contributed by atoms with E-state index in [2.05, 4.69) is 28.8 Å². The fraction of sp³-hybridized carbons (Fsp3) is 0.429. The molecular formula is C14H18N4O. The van der Waals surface area contributed by atoms with Crippen molar-refractivity contribution < 1.29 is 0 Å². The molecule has 19 heavy (non-hydrogen) atoms. The van der Waals surface area contributed by atoms with Crippen LogP contribution in [0, 0.1) is 0 Å². The lowest BCUT2D eigenvalue weighted by Crippen LogP contribution is -2.50. The molecule has 5 nitrogen and oxygen atoms in total. The van der Waals surface area contributed by atoms with E-state index >= 15 is 0 Å². The first-order valence-corrected chi connectivity index (χ1v) is 6.59. The van der Waals surface area contributed by atoms with Crippen molar-refractivity contribution in [3.8, 4) is 0 Å². The van der Waals surface area contributed by atoms with Crippen molar-refractivity contribution >= 4 is 11.5 Å². The standard InChI is InChI=1S/C14H18N4O/c1-11-10-17(8-7-16(11)2)13-9-14(19)18-6-4-3-5-12(18)15-13/h3-6,9,11H,7-8,10H2,1-2H3/t11-/m0/s1. The molecule has 0 unspecified atom stereocenters. The molecule has 0 saturated carbocycles. The van der Waals surface area contributed by atoms with E-state index in [1.807, 2.05) is 18.2 Å². The Bertz CT molecular complexity index is 651. The Hall–Kier alpha value is -1.88. The summed E-state index contributed by atoms with van der Waals surface area (Å²) in [5, 5.41) is 0. The third-order valence-electron chi connectivity index (χ3n) is 3.84. The van der Waals surface area contributed by atoms with Crippen LogP contribution in [0.4, 0.5) is 5.82 Å². The van der Waals surface area contributed by atoms with Gasteiger partial charge in [-0.25, -0.2) is 4.98 Å². The predicted molar refractivity (Wildman–Crippen MR) is 75.8 cm³/mol. The van der Waals surface area contributed by atoms with E-state index in [1.165, 1.54) is 0 Å². The summed E-state index contributed by atoms with van der Waals surface area (Å²) in [5.74, 6) is 0.788. The molecular weight excluding hydrogens is 240 g/mol. The van der Waals surface area contributed by atoms with Crippen LogP contribution in [0.25, 0.3) is 5.65 Å². The van der Waals surface area contributed by atoms with Gasteiger partial charge in [-0.3, -0.25) is 9.20 Å². The second-order valence-electron chi connectivity index (χ2n) is 5.16. The number of piperazine rings is 1. The molecule has 3 heterocycles. The number of nitrogens with zero attached hydrogens (tertiary/aromatic N) is 4. The van der Waals surface area contributed by atoms with Crippen LogP contribution in [0.2, 0.25) is 0 Å². The summed E-state index contributed by atoms with van der Waals surface area (Å²) < 4.78 is 1.57. The first kappa shape index (κ1) is 12.2. The van der Waals surface area contributed by atoms with E-state index in [4.69, 9.17) is 0 Å². The highest BCUT2D eigenvalue weighted by Crippen LogP contribution is 2.15. The van der Waals surface area contributed by atoms with Crippen molar-refractivity contribution in [3.63, 3.8) is 0 Å². The molecule has 100 valence electrons. The van der Waals surface area contributed by atoms with Crippen molar-refractivity contribution in [2.24, 2.45) is 0 Å². The highest BCUT2D eigenvalue weighted by Gasteiger charge is 2.22. The molecule has 1 aliphatic rings. The van der Waals surface area contributed by atoms with Crippen LogP contribution in [-0.4, -0.2) is 47.0 Å². The first-order valence-electron chi connectivity index (χ1n) is 6.59. The number of rotatable bonds is 1. The normalized spacial score (nSPS) is 20.9. The van der Waals surface area contributed by atoms with Gasteiger partial charge in [-0.05, 0) is 26.1 Å². The van der Waals surface area contributed by atoms with Gasteiger partial charge in [0.1, 0.15) is 11.5 Å². The minimum Gasteiger partial charge on any atom is -0.354 e. The minimum atomic E-state index is -0.0211. The average molecular weight is 258 g/mol. The van der Waals surface area contributed by atoms with E-state index in [0.717, 1.165) is 25.5 Å². The first-order chi connectivity index (χ1) is 9.15. The number of likely N-dealkylation sites (N-methyl/N-ethyl adjacent to an activating group) is 1. The van der Waals surface area contributed by atoms with E-state index in [1.54, 1.807) is 16.7 Å². The Morgan fingerprint density at radius 1 is 1.32 bits per heavy atom. The summed E-state index contributed by atoms with van der Waals surface area (Å²) in [5.41, 5.74) is 0.684. The van der Waals surface area contributed by atoms with Gasteiger partial charge in [0.05, 0.1) is 0 Å². The lowest BCUT2D eigenvalue weighted by atomic mass is 10.2. The Morgan fingerprint density at radius 2 is 2.16 bits per heavy atom. The van der Waals surface area contributed by atoms with Crippen molar-refractivity contribution in [2.75, 3.05) is 31.6 Å². The quantitative estimate of drug-likeness (QED) is 0.760. The zero-order valence-electron chi connectivity index (χ0n) is 11.3. The molecule has 0 aromatic carbocycles. The number of aromatic nitrogens is 2. The Kier molecular flexibility index (Phi) is 2.98. The van der Waals surface area contributed by atoms with E-state index < -0.39 is 0 Å². The van der Waals surface area contributed by atoms with Gasteiger partial charge in [-0.15, -0.1) is 0 Å². The monoisotopic (exact) mass is 258 g/mol. The van der Waals surface area contributed by atoms with Crippen LogP contribution in [0.5, 0.6) is 0 Å². The fourth-order valence-corrected chi connectivity index (χ4v) is 2.46. The van der Waals surface area contributed by atoms with Crippen LogP contribution in [0.3, 0.4) is 0 Å². The van der Waals surface area contributed by atoms with E-state index in [0.29, 0.717) is 11.7 Å². The largest absolute Gasteiger partial charge is 0.354 e. The van der Waals surface area contributed by atoms with Gasteiger partial charge in [0, 0.05) is 37.9 Å². The molecule has 1 atom stereocenters. The molecule has 1 aliphatic heterocycles. The predicted octanol–water partition coefficient (Wildman–Crippen LogP) is 0.835. The third-order valence-corrected chi connectivity index (χ3v) is 3.84. The molecule has 2 aromatic heterocycles. The van der Waals surface area contributed by atoms with Crippen molar-refractivity contribution in [1.82, 2.24) is 14.3 Å². The second kappa shape index (κ2) is 4.66. The molecule has 1 fully saturated rings. The Balaban J connectivity index is 1.99. The SMILES string of the molecule is C[C@H]1CN(c2cc(=O)n3ccccc3n2)CCN1C. The number of pyridine rings is 1. The smallest absolute Gasteiger partial charge is 0.259 e. The molecule has 0 spiro atoms. The lowest BCUT2D eigenvalue weighted by Gasteiger charge is -2.38. The van der Waals surface area contributed by atoms with Crippen molar-refractivity contribution in [1.29, 1.82) is 0 Å². The Labute approximate surface area is 112 Å². The lowest BCUT2D eigenvalue weighted by molar-refractivity contribution is 0.233. The molecule has 5 heteroatoms. The van der Waals surface area contributed by atoms with E-state index in [9.17, 15) is 4.79 Å². The van der Waals surface area contributed by atoms with Crippen LogP contribution in [0.1, 0.15) is 6.92 Å². The molecule has 1 saturated heterocycles. The van der Waals surface area contributed by atoms with Gasteiger partial charge in [0.25, 0.3) is 5.56 Å². The number of fused-ring (bicyclic) bond motifs is 1. The molecule has 0 amide bonds. The molecule has 2 aromatic rings. The Morgan fingerprint density at radius 3 is 2.95 bits per heavy atom. The van der Waals surface area contributed by atoms with Gasteiger partial charge in [0.2, 0.25) is 0 Å². The van der Waals surface area contributed by atoms with E-state index in [-0.39, 0.29) is 5.56 Å². The van der Waals surface area contributed by atoms with Crippen LogP contribution in [-0.2, 0) is 0 Å². The van der Waals surface area contributed by atoms with Crippen molar-refractivity contribution in [2.45, 2.75) is 13.0 Å². The summed E-state index contributed by atoms with van der Waals surface area (Å²) in [6.07, 6.45) is 1.75. The molecule has 0 bridgehead atoms. The fourth-order valence-electron chi connectivity index (χ4n) is 2.46. The van der Waals surface area contributed by atoms with Crippen molar-refractivity contribution in [3.05, 3.63) is 40.8 Å². The van der Waals surface area contributed by atoms with Crippen LogP contribution >= 0.6 is 0 Å². The average Bonchev–Trinajstić information content (AvgIpc) is 2.42. The highest BCUT2D eigenvalue weighted by atomic mass is 16.1. The van der Waals surface area contributed by atoms with Gasteiger partial charge < -0.3 is 9.80 Å². The summed E-state index contributed by atoms with van der Waals surface area (Å²) in [6.45, 7) is 5.01. The second-order valence-corrected chi connectivity index (χ2v) is 5.16. The zero-order chi connectivity index (χ0) is 13.4. The van der Waals surface area contributed by atoms with Crippen LogP contribution in [0.15, 0.2) is 35.3 Å². The van der Waals surface area contributed by atoms with Gasteiger partial charge in [0.15, 0.2) is 0 Å². The minimum absolute atomic E-state index is 0.0211. The maximum atomic E-state index is 12.1. The maximum absolute atomic E-state index is 12.1. The summed E-state index contributed by atoms with van der Waals surface area (Å²) >= 11 is 0. The molecule has 0 N–H and O–H groups in total.